The molecule has 6 aromatic rings. The Morgan fingerprint density at radius 3 is 2.37 bits per heavy atom. The molecule has 0 atom stereocenters. The zero-order valence-electron chi connectivity index (χ0n) is 18.9. The van der Waals surface area contributed by atoms with Crippen molar-refractivity contribution in [2.45, 2.75) is 13.5 Å². The number of aryl methyl sites for hydroxylation is 1. The molecular weight excluding hydrogens is 440 g/mol. The van der Waals surface area contributed by atoms with Gasteiger partial charge in [-0.3, -0.25) is 0 Å². The maximum absolute atomic E-state index is 12.7. The van der Waals surface area contributed by atoms with Gasteiger partial charge in [0.05, 0.1) is 5.56 Å². The number of hydrogen-bond acceptors (Lipinski definition) is 5. The summed E-state index contributed by atoms with van der Waals surface area (Å²) in [5.41, 5.74) is 2.78. The van der Waals surface area contributed by atoms with E-state index in [-0.39, 0.29) is 0 Å². The van der Waals surface area contributed by atoms with Crippen LogP contribution in [-0.4, -0.2) is 0 Å². The fourth-order valence-corrected chi connectivity index (χ4v) is 4.50. The second kappa shape index (κ2) is 8.29. The molecule has 4 aromatic carbocycles. The van der Waals surface area contributed by atoms with Gasteiger partial charge in [-0.2, -0.15) is 0 Å². The number of ether oxygens (including phenoxy) is 1. The monoisotopic (exact) mass is 460 g/mol. The van der Waals surface area contributed by atoms with Gasteiger partial charge in [-0.1, -0.05) is 54.6 Å². The van der Waals surface area contributed by atoms with Crippen LogP contribution in [0.25, 0.3) is 43.8 Å². The Labute approximate surface area is 199 Å². The molecule has 0 spiro atoms. The summed E-state index contributed by atoms with van der Waals surface area (Å²) in [5, 5.41) is 3.69. The molecule has 2 aromatic heterocycles. The molecule has 0 aliphatic rings. The van der Waals surface area contributed by atoms with E-state index in [1.54, 1.807) is 30.3 Å². The third kappa shape index (κ3) is 3.77. The maximum Gasteiger partial charge on any atom is 0.344 e. The van der Waals surface area contributed by atoms with Crippen molar-refractivity contribution in [3.63, 3.8) is 0 Å². The van der Waals surface area contributed by atoms with Gasteiger partial charge in [0.25, 0.3) is 0 Å². The highest BCUT2D eigenvalue weighted by Crippen LogP contribution is 2.30. The third-order valence-corrected chi connectivity index (χ3v) is 6.31. The number of benzene rings is 4. The van der Waals surface area contributed by atoms with Crippen LogP contribution in [0.3, 0.4) is 0 Å². The van der Waals surface area contributed by atoms with Gasteiger partial charge in [-0.25, -0.2) is 9.59 Å². The second-order valence-electron chi connectivity index (χ2n) is 8.49. The van der Waals surface area contributed by atoms with E-state index in [0.717, 1.165) is 27.3 Å². The molecule has 2 heterocycles. The summed E-state index contributed by atoms with van der Waals surface area (Å²) in [4.78, 5) is 25.1. The van der Waals surface area contributed by atoms with Crippen LogP contribution in [0.5, 0.6) is 5.75 Å². The van der Waals surface area contributed by atoms with Gasteiger partial charge >= 0.3 is 11.3 Å². The Morgan fingerprint density at radius 1 is 0.686 bits per heavy atom. The van der Waals surface area contributed by atoms with Crippen molar-refractivity contribution in [3.05, 3.63) is 123 Å². The fourth-order valence-electron chi connectivity index (χ4n) is 4.50. The number of fused-ring (bicyclic) bond motifs is 3. The minimum absolute atomic E-state index is 0.307. The molecule has 6 rings (SSSR count). The minimum atomic E-state index is -0.554. The topological polar surface area (TPSA) is 69.7 Å². The Morgan fingerprint density at radius 2 is 1.49 bits per heavy atom. The number of hydrogen-bond donors (Lipinski definition) is 0. The molecule has 170 valence electrons. The molecule has 5 heteroatoms. The van der Waals surface area contributed by atoms with Crippen molar-refractivity contribution in [3.8, 4) is 16.9 Å². The van der Waals surface area contributed by atoms with E-state index < -0.39 is 11.3 Å². The Hall–Kier alpha value is -4.64. The normalized spacial score (nSPS) is 11.3. The highest BCUT2D eigenvalue weighted by Gasteiger charge is 2.15. The summed E-state index contributed by atoms with van der Waals surface area (Å²) in [6.07, 6.45) is 0. The quantitative estimate of drug-likeness (QED) is 0.277. The average Bonchev–Trinajstić information content (AvgIpc) is 2.87. The van der Waals surface area contributed by atoms with Crippen LogP contribution in [0.1, 0.15) is 11.1 Å². The zero-order valence-corrected chi connectivity index (χ0v) is 18.9. The molecule has 0 aliphatic heterocycles. The molecule has 0 saturated carbocycles. The van der Waals surface area contributed by atoms with Gasteiger partial charge in [0.15, 0.2) is 0 Å². The van der Waals surface area contributed by atoms with Gasteiger partial charge in [-0.05, 0) is 47.5 Å². The zero-order chi connectivity index (χ0) is 23.9. The van der Waals surface area contributed by atoms with E-state index in [4.69, 9.17) is 13.6 Å². The maximum atomic E-state index is 12.7. The second-order valence-corrected chi connectivity index (χ2v) is 8.49. The van der Waals surface area contributed by atoms with E-state index in [0.29, 0.717) is 40.0 Å². The van der Waals surface area contributed by atoms with Gasteiger partial charge in [0, 0.05) is 34.0 Å². The van der Waals surface area contributed by atoms with Crippen LogP contribution in [-0.2, 0) is 6.61 Å². The van der Waals surface area contributed by atoms with Crippen molar-refractivity contribution in [2.24, 2.45) is 0 Å². The molecule has 0 radical (unpaired) electrons. The summed E-state index contributed by atoms with van der Waals surface area (Å²) in [5.74, 6) is 0.565. The first-order valence-corrected chi connectivity index (χ1v) is 11.3. The highest BCUT2D eigenvalue weighted by molar-refractivity contribution is 5.95. The van der Waals surface area contributed by atoms with Crippen LogP contribution in [0, 0.1) is 6.92 Å². The van der Waals surface area contributed by atoms with E-state index in [1.807, 2.05) is 30.3 Å². The smallest absolute Gasteiger partial charge is 0.344 e. The molecule has 35 heavy (non-hydrogen) atoms. The Kier molecular flexibility index (Phi) is 4.96. The minimum Gasteiger partial charge on any atom is -0.489 e. The Balaban J connectivity index is 1.40. The lowest BCUT2D eigenvalue weighted by atomic mass is 10.0. The first kappa shape index (κ1) is 20.9. The van der Waals surface area contributed by atoms with Crippen LogP contribution in [0.2, 0.25) is 0 Å². The van der Waals surface area contributed by atoms with Crippen LogP contribution < -0.4 is 16.0 Å². The molecule has 0 amide bonds. The molecular formula is C30H20O5. The van der Waals surface area contributed by atoms with Gasteiger partial charge in [0.1, 0.15) is 23.5 Å². The van der Waals surface area contributed by atoms with Gasteiger partial charge in [0.2, 0.25) is 0 Å². The lowest BCUT2D eigenvalue weighted by Crippen LogP contribution is -2.06. The van der Waals surface area contributed by atoms with E-state index >= 15 is 0 Å². The van der Waals surface area contributed by atoms with Crippen molar-refractivity contribution in [1.82, 2.24) is 0 Å². The summed E-state index contributed by atoms with van der Waals surface area (Å²) in [6, 6.07) is 28.0. The summed E-state index contributed by atoms with van der Waals surface area (Å²) < 4.78 is 17.1. The number of para-hydroxylation sites is 1. The fraction of sp³-hybridized carbons (Fsp3) is 0.0667. The lowest BCUT2D eigenvalue weighted by molar-refractivity contribution is 0.307. The molecule has 0 bridgehead atoms. The summed E-state index contributed by atoms with van der Waals surface area (Å²) in [7, 11) is 0. The largest absolute Gasteiger partial charge is 0.489 e. The standard InChI is InChI=1S/C30H20O5/c1-18-10-11-19-6-2-4-8-22(19)26(18)17-33-21-12-13-23-24(16-29(31)34-28(23)15-21)25-14-20-7-3-5-9-27(20)35-30(25)32/h2-16H,17H2,1H3. The summed E-state index contributed by atoms with van der Waals surface area (Å²) >= 11 is 0. The van der Waals surface area contributed by atoms with E-state index in [1.165, 1.54) is 6.07 Å². The van der Waals surface area contributed by atoms with Gasteiger partial charge < -0.3 is 13.6 Å². The molecule has 5 nitrogen and oxygen atoms in total. The lowest BCUT2D eigenvalue weighted by Gasteiger charge is -2.13. The van der Waals surface area contributed by atoms with Gasteiger partial charge in [-0.15, -0.1) is 0 Å². The SMILES string of the molecule is Cc1ccc2ccccc2c1COc1ccc2c(-c3cc4ccccc4oc3=O)cc(=O)oc2c1. The van der Waals surface area contributed by atoms with Crippen molar-refractivity contribution in [2.75, 3.05) is 0 Å². The molecule has 0 aliphatic carbocycles. The van der Waals surface area contributed by atoms with Crippen LogP contribution in [0.4, 0.5) is 0 Å². The summed E-state index contributed by atoms with van der Waals surface area (Å²) in [6.45, 7) is 2.43. The molecule has 0 unspecified atom stereocenters. The van der Waals surface area contributed by atoms with Crippen molar-refractivity contribution >= 4 is 32.7 Å². The first-order valence-electron chi connectivity index (χ1n) is 11.3. The highest BCUT2D eigenvalue weighted by atomic mass is 16.5. The first-order chi connectivity index (χ1) is 17.1. The Bertz CT molecular complexity index is 1860. The van der Waals surface area contributed by atoms with E-state index in [9.17, 15) is 9.59 Å². The molecule has 0 N–H and O–H groups in total. The number of rotatable bonds is 4. The van der Waals surface area contributed by atoms with Crippen molar-refractivity contribution in [1.29, 1.82) is 0 Å². The predicted molar refractivity (Wildman–Crippen MR) is 137 cm³/mol. The molecule has 0 fully saturated rings. The van der Waals surface area contributed by atoms with E-state index in [2.05, 4.69) is 31.2 Å². The average molecular weight is 460 g/mol. The molecule has 0 saturated heterocycles. The van der Waals surface area contributed by atoms with Crippen LogP contribution >= 0.6 is 0 Å². The third-order valence-electron chi connectivity index (χ3n) is 6.31. The van der Waals surface area contributed by atoms with Crippen molar-refractivity contribution < 1.29 is 13.6 Å². The predicted octanol–water partition coefficient (Wildman–Crippen LogP) is 6.61. The van der Waals surface area contributed by atoms with Crippen LogP contribution in [0.15, 0.2) is 109 Å².